The molecule has 0 spiro atoms. The summed E-state index contributed by atoms with van der Waals surface area (Å²) in [5, 5.41) is 14.2. The summed E-state index contributed by atoms with van der Waals surface area (Å²) < 4.78 is 23.2. The number of aryl methyl sites for hydroxylation is 1. The predicted molar refractivity (Wildman–Crippen MR) is 156 cm³/mol. The van der Waals surface area contributed by atoms with Crippen LogP contribution < -0.4 is 20.3 Å². The maximum atomic E-state index is 15.6. The lowest BCUT2D eigenvalue weighted by atomic mass is 10.1. The number of rotatable bonds is 7. The Balaban J connectivity index is 1.22. The molecule has 1 atom stereocenters. The highest BCUT2D eigenvalue weighted by atomic mass is 19.1. The van der Waals surface area contributed by atoms with Gasteiger partial charge >= 0.3 is 0 Å². The van der Waals surface area contributed by atoms with Gasteiger partial charge in [0.15, 0.2) is 11.6 Å². The third kappa shape index (κ3) is 5.40. The van der Waals surface area contributed by atoms with Gasteiger partial charge in [0.25, 0.3) is 0 Å². The van der Waals surface area contributed by atoms with E-state index >= 15 is 4.39 Å². The number of carbonyl (C=O) groups excluding carboxylic acids is 1. The molecular formula is C29H29FN10O2. The minimum absolute atomic E-state index is 0.0644. The number of nitrogens with one attached hydrogen (secondary N) is 2. The summed E-state index contributed by atoms with van der Waals surface area (Å²) in [7, 11) is 1.81. The number of halogens is 1. The second-order valence-electron chi connectivity index (χ2n) is 10.1. The zero-order valence-corrected chi connectivity index (χ0v) is 23.2. The summed E-state index contributed by atoms with van der Waals surface area (Å²) in [6.45, 7) is 6.58. The molecule has 214 valence electrons. The van der Waals surface area contributed by atoms with Gasteiger partial charge in [-0.1, -0.05) is 11.8 Å². The topological polar surface area (TPSA) is 136 Å². The molecule has 42 heavy (non-hydrogen) atoms. The molecule has 1 amide bonds. The molecule has 0 radical (unpaired) electrons. The van der Waals surface area contributed by atoms with Crippen LogP contribution in [0.4, 0.5) is 21.8 Å². The smallest absolute Gasteiger partial charge is 0.243 e. The van der Waals surface area contributed by atoms with Crippen molar-refractivity contribution in [2.45, 2.75) is 32.2 Å². The quantitative estimate of drug-likeness (QED) is 0.273. The molecule has 0 aliphatic carbocycles. The minimum atomic E-state index is -0.478. The Morgan fingerprint density at radius 3 is 2.88 bits per heavy atom. The van der Waals surface area contributed by atoms with Crippen LogP contribution in [0.2, 0.25) is 0 Å². The van der Waals surface area contributed by atoms with E-state index in [2.05, 4.69) is 47.4 Å². The molecule has 0 bridgehead atoms. The predicted octanol–water partition coefficient (Wildman–Crippen LogP) is 4.35. The van der Waals surface area contributed by atoms with E-state index < -0.39 is 5.82 Å². The van der Waals surface area contributed by atoms with Crippen LogP contribution in [0, 0.1) is 12.7 Å². The molecule has 0 unspecified atom stereocenters. The highest BCUT2D eigenvalue weighted by Gasteiger charge is 2.21. The highest BCUT2D eigenvalue weighted by Crippen LogP contribution is 2.33. The number of nitrogens with zero attached hydrogens (tertiary/aromatic N) is 8. The third-order valence-electron chi connectivity index (χ3n) is 7.31. The monoisotopic (exact) mass is 568 g/mol. The van der Waals surface area contributed by atoms with Crippen LogP contribution in [0.25, 0.3) is 22.1 Å². The molecule has 5 aromatic rings. The molecule has 3 aromatic heterocycles. The van der Waals surface area contributed by atoms with Gasteiger partial charge in [-0.15, -0.1) is 5.10 Å². The van der Waals surface area contributed by atoms with Crippen LogP contribution in [-0.4, -0.2) is 60.0 Å². The molecule has 1 fully saturated rings. The van der Waals surface area contributed by atoms with Crippen LogP contribution in [0.3, 0.4) is 0 Å². The fourth-order valence-electron chi connectivity index (χ4n) is 5.00. The summed E-state index contributed by atoms with van der Waals surface area (Å²) in [6, 6.07) is 8.77. The van der Waals surface area contributed by atoms with Crippen LogP contribution in [0.1, 0.15) is 24.8 Å². The summed E-state index contributed by atoms with van der Waals surface area (Å²) in [5.41, 5.74) is 3.10. The fraction of sp³-hybridized carbons (Fsp3) is 0.276. The molecule has 12 nitrogen and oxygen atoms in total. The summed E-state index contributed by atoms with van der Waals surface area (Å²) in [5.74, 6) is 1.14. The molecule has 6 rings (SSSR count). The number of anilines is 3. The van der Waals surface area contributed by atoms with Crippen molar-refractivity contribution in [1.29, 1.82) is 0 Å². The maximum absolute atomic E-state index is 15.6. The highest BCUT2D eigenvalue weighted by molar-refractivity contribution is 5.88. The number of hydrogen-bond acceptors (Lipinski definition) is 10. The molecule has 1 aliphatic heterocycles. The van der Waals surface area contributed by atoms with Gasteiger partial charge in [0, 0.05) is 37.8 Å². The fourth-order valence-corrected chi connectivity index (χ4v) is 5.00. The number of carbonyl (C=O) groups is 1. The lowest BCUT2D eigenvalue weighted by Crippen LogP contribution is -2.34. The normalized spacial score (nSPS) is 15.4. The SMILES string of the molecule is C=CC(=O)N[C@@H]1CCCN(c2ncc3ncnc(Nc4ccc(Oc5ccc6c(c5)nnn6C)c(C)c4F)c3n2)CC1. The Morgan fingerprint density at radius 1 is 1.14 bits per heavy atom. The molecular weight excluding hydrogens is 539 g/mol. The minimum Gasteiger partial charge on any atom is -0.457 e. The lowest BCUT2D eigenvalue weighted by Gasteiger charge is -2.21. The zero-order chi connectivity index (χ0) is 29.2. The van der Waals surface area contributed by atoms with E-state index in [1.54, 1.807) is 42.1 Å². The molecule has 4 heterocycles. The summed E-state index contributed by atoms with van der Waals surface area (Å²) >= 11 is 0. The lowest BCUT2D eigenvalue weighted by molar-refractivity contribution is -0.117. The summed E-state index contributed by atoms with van der Waals surface area (Å²) in [4.78, 5) is 31.7. The first-order chi connectivity index (χ1) is 20.4. The molecule has 13 heteroatoms. The zero-order valence-electron chi connectivity index (χ0n) is 23.2. The number of benzene rings is 2. The molecule has 2 aromatic carbocycles. The maximum Gasteiger partial charge on any atom is 0.243 e. The number of amides is 1. The third-order valence-corrected chi connectivity index (χ3v) is 7.31. The summed E-state index contributed by atoms with van der Waals surface area (Å²) in [6.07, 6.45) is 6.78. The van der Waals surface area contributed by atoms with Crippen molar-refractivity contribution in [1.82, 2.24) is 40.2 Å². The van der Waals surface area contributed by atoms with E-state index in [1.807, 2.05) is 13.1 Å². The van der Waals surface area contributed by atoms with Crippen LogP contribution in [0.15, 0.2) is 55.5 Å². The Morgan fingerprint density at radius 2 is 2.02 bits per heavy atom. The van der Waals surface area contributed by atoms with Crippen LogP contribution in [0.5, 0.6) is 11.5 Å². The van der Waals surface area contributed by atoms with Crippen molar-refractivity contribution in [3.05, 3.63) is 66.9 Å². The van der Waals surface area contributed by atoms with E-state index in [-0.39, 0.29) is 17.6 Å². The number of fused-ring (bicyclic) bond motifs is 2. The molecule has 1 saturated heterocycles. The Labute approximate surface area is 240 Å². The number of ether oxygens (including phenoxy) is 1. The average Bonchev–Trinajstić information content (AvgIpc) is 3.21. The standard InChI is InChI=1S/C29H29FN10O2/c1-4-25(41)34-18-6-5-12-40(13-11-18)29-31-15-22-27(36-29)28(33-16-32-22)35-20-8-10-24(17(2)26(20)30)42-19-7-9-23-21(14-19)37-38-39(23)3/h4,7-10,14-16,18H,1,5-6,11-13H2,2-3H3,(H,34,41)(H,32,33,35)/t18-/m1/s1. The largest absolute Gasteiger partial charge is 0.457 e. The Hall–Kier alpha value is -5.20. The van der Waals surface area contributed by atoms with Gasteiger partial charge in [-0.3, -0.25) is 4.79 Å². The van der Waals surface area contributed by atoms with Gasteiger partial charge in [-0.25, -0.2) is 29.0 Å². The molecule has 2 N–H and O–H groups in total. The Kier molecular flexibility index (Phi) is 7.30. The second kappa shape index (κ2) is 11.4. The molecule has 1 aliphatic rings. The van der Waals surface area contributed by atoms with E-state index in [4.69, 9.17) is 9.72 Å². The Bertz CT molecular complexity index is 1810. The first-order valence-corrected chi connectivity index (χ1v) is 13.6. The van der Waals surface area contributed by atoms with Crippen LogP contribution in [-0.2, 0) is 11.8 Å². The number of aromatic nitrogens is 7. The number of hydrogen-bond donors (Lipinski definition) is 2. The van der Waals surface area contributed by atoms with Gasteiger partial charge in [0.05, 0.1) is 17.4 Å². The van der Waals surface area contributed by atoms with Gasteiger partial charge < -0.3 is 20.3 Å². The van der Waals surface area contributed by atoms with Crippen molar-refractivity contribution in [3.8, 4) is 11.5 Å². The van der Waals surface area contributed by atoms with Gasteiger partial charge in [-0.05, 0) is 56.5 Å². The van der Waals surface area contributed by atoms with E-state index in [1.165, 1.54) is 12.4 Å². The first kappa shape index (κ1) is 27.0. The van der Waals surface area contributed by atoms with Crippen molar-refractivity contribution >= 4 is 45.4 Å². The first-order valence-electron chi connectivity index (χ1n) is 13.6. The van der Waals surface area contributed by atoms with E-state index in [9.17, 15) is 4.79 Å². The average molecular weight is 569 g/mol. The second-order valence-corrected chi connectivity index (χ2v) is 10.1. The van der Waals surface area contributed by atoms with E-state index in [0.717, 1.165) is 31.3 Å². The van der Waals surface area contributed by atoms with Crippen LogP contribution >= 0.6 is 0 Å². The van der Waals surface area contributed by atoms with Crippen molar-refractivity contribution in [3.63, 3.8) is 0 Å². The molecule has 0 saturated carbocycles. The van der Waals surface area contributed by atoms with E-state index in [0.29, 0.717) is 51.9 Å². The van der Waals surface area contributed by atoms with Crippen molar-refractivity contribution in [2.24, 2.45) is 7.05 Å². The van der Waals surface area contributed by atoms with Crippen molar-refractivity contribution < 1.29 is 13.9 Å². The van der Waals surface area contributed by atoms with Crippen molar-refractivity contribution in [2.75, 3.05) is 23.3 Å². The van der Waals surface area contributed by atoms with Gasteiger partial charge in [0.2, 0.25) is 11.9 Å². The van der Waals surface area contributed by atoms with Gasteiger partial charge in [0.1, 0.15) is 34.4 Å². The van der Waals surface area contributed by atoms with Gasteiger partial charge in [-0.2, -0.15) is 0 Å².